The van der Waals surface area contributed by atoms with Gasteiger partial charge in [-0.3, -0.25) is 0 Å². The van der Waals surface area contributed by atoms with Crippen LogP contribution in [0.1, 0.15) is 29.2 Å². The molecule has 1 N–H and O–H groups in total. The number of ether oxygens (including phenoxy) is 1. The molecule has 2 rings (SSSR count). The number of anilines is 1. The van der Waals surface area contributed by atoms with E-state index < -0.39 is 0 Å². The summed E-state index contributed by atoms with van der Waals surface area (Å²) >= 11 is 0. The van der Waals surface area contributed by atoms with Crippen LogP contribution in [0, 0.1) is 20.8 Å². The average Bonchev–Trinajstić information content (AvgIpc) is 2.47. The van der Waals surface area contributed by atoms with Crippen molar-refractivity contribution in [3.05, 3.63) is 40.7 Å². The number of hydrogen-bond donors (Lipinski definition) is 1. The first-order valence-corrected chi connectivity index (χ1v) is 6.84. The van der Waals surface area contributed by atoms with E-state index in [0.29, 0.717) is 5.88 Å². The molecule has 2 aromatic rings. The van der Waals surface area contributed by atoms with Crippen LogP contribution in [0.5, 0.6) is 11.6 Å². The Hall–Kier alpha value is -2.10. The van der Waals surface area contributed by atoms with Crippen molar-refractivity contribution < 1.29 is 4.74 Å². The van der Waals surface area contributed by atoms with Gasteiger partial charge in [0.15, 0.2) is 0 Å². The third kappa shape index (κ3) is 2.59. The molecule has 1 heterocycles. The molecule has 1 aromatic carbocycles. The minimum Gasteiger partial charge on any atom is -0.438 e. The summed E-state index contributed by atoms with van der Waals surface area (Å²) in [6.07, 6.45) is 2.34. The van der Waals surface area contributed by atoms with E-state index in [1.807, 2.05) is 14.0 Å². The van der Waals surface area contributed by atoms with Gasteiger partial charge in [0.25, 0.3) is 0 Å². The zero-order valence-corrected chi connectivity index (χ0v) is 12.7. The second-order valence-electron chi connectivity index (χ2n) is 4.87. The van der Waals surface area contributed by atoms with E-state index in [1.165, 1.54) is 11.9 Å². The Morgan fingerprint density at radius 3 is 2.45 bits per heavy atom. The molecule has 4 nitrogen and oxygen atoms in total. The Kier molecular flexibility index (Phi) is 4.23. The molecule has 0 unspecified atom stereocenters. The van der Waals surface area contributed by atoms with E-state index in [-0.39, 0.29) is 0 Å². The molecular weight excluding hydrogens is 250 g/mol. The number of aromatic nitrogens is 2. The highest BCUT2D eigenvalue weighted by Crippen LogP contribution is 2.32. The van der Waals surface area contributed by atoms with Crippen LogP contribution in [0.2, 0.25) is 0 Å². The van der Waals surface area contributed by atoms with Crippen LogP contribution >= 0.6 is 0 Å². The standard InChI is InChI=1S/C16H21N3O/c1-6-13-15(17-5)18-9-19-16(13)20-14-11(3)8-7-10(2)12(14)4/h7-9H,6H2,1-5H3,(H,17,18,19). The van der Waals surface area contributed by atoms with Crippen molar-refractivity contribution in [3.63, 3.8) is 0 Å². The number of hydrogen-bond acceptors (Lipinski definition) is 4. The van der Waals surface area contributed by atoms with Crippen LogP contribution in [0.25, 0.3) is 0 Å². The first-order chi connectivity index (χ1) is 9.58. The Labute approximate surface area is 120 Å². The second-order valence-corrected chi connectivity index (χ2v) is 4.87. The second kappa shape index (κ2) is 5.90. The van der Waals surface area contributed by atoms with Gasteiger partial charge in [-0.25, -0.2) is 9.97 Å². The first-order valence-electron chi connectivity index (χ1n) is 6.84. The Morgan fingerprint density at radius 1 is 1.10 bits per heavy atom. The van der Waals surface area contributed by atoms with Gasteiger partial charge in [0.1, 0.15) is 17.9 Å². The molecule has 0 amide bonds. The van der Waals surface area contributed by atoms with Crippen LogP contribution in [0.3, 0.4) is 0 Å². The normalized spacial score (nSPS) is 10.4. The van der Waals surface area contributed by atoms with Crippen LogP contribution in [-0.4, -0.2) is 17.0 Å². The lowest BCUT2D eigenvalue weighted by Crippen LogP contribution is -2.03. The number of aryl methyl sites for hydroxylation is 2. The molecule has 0 aliphatic heterocycles. The first kappa shape index (κ1) is 14.3. The van der Waals surface area contributed by atoms with Gasteiger partial charge in [-0.15, -0.1) is 0 Å². The van der Waals surface area contributed by atoms with Crippen LogP contribution in [-0.2, 0) is 6.42 Å². The quantitative estimate of drug-likeness (QED) is 0.918. The van der Waals surface area contributed by atoms with Crippen molar-refractivity contribution in [2.75, 3.05) is 12.4 Å². The van der Waals surface area contributed by atoms with Crippen molar-refractivity contribution in [1.82, 2.24) is 9.97 Å². The molecule has 0 atom stereocenters. The monoisotopic (exact) mass is 271 g/mol. The molecule has 0 fully saturated rings. The number of nitrogens with zero attached hydrogens (tertiary/aromatic N) is 2. The van der Waals surface area contributed by atoms with Gasteiger partial charge in [0.05, 0.1) is 5.56 Å². The molecule has 0 aliphatic rings. The molecule has 0 radical (unpaired) electrons. The summed E-state index contributed by atoms with van der Waals surface area (Å²) in [5, 5.41) is 3.08. The van der Waals surface area contributed by atoms with Gasteiger partial charge in [-0.05, 0) is 43.9 Å². The zero-order chi connectivity index (χ0) is 14.7. The van der Waals surface area contributed by atoms with Crippen molar-refractivity contribution >= 4 is 5.82 Å². The SMILES string of the molecule is CCc1c(NC)ncnc1Oc1c(C)ccc(C)c1C. The van der Waals surface area contributed by atoms with Gasteiger partial charge in [-0.1, -0.05) is 19.1 Å². The van der Waals surface area contributed by atoms with E-state index in [9.17, 15) is 0 Å². The largest absolute Gasteiger partial charge is 0.438 e. The van der Waals surface area contributed by atoms with E-state index in [4.69, 9.17) is 4.74 Å². The molecule has 0 spiro atoms. The van der Waals surface area contributed by atoms with Gasteiger partial charge in [-0.2, -0.15) is 0 Å². The molecule has 0 saturated carbocycles. The highest BCUT2D eigenvalue weighted by molar-refractivity contribution is 5.52. The zero-order valence-electron chi connectivity index (χ0n) is 12.7. The Bertz CT molecular complexity index is 623. The lowest BCUT2D eigenvalue weighted by Gasteiger charge is -2.16. The molecule has 0 bridgehead atoms. The molecular formula is C16H21N3O. The predicted octanol–water partition coefficient (Wildman–Crippen LogP) is 3.80. The van der Waals surface area contributed by atoms with Crippen molar-refractivity contribution in [2.24, 2.45) is 0 Å². The van der Waals surface area contributed by atoms with Gasteiger partial charge in [0.2, 0.25) is 5.88 Å². The predicted molar refractivity (Wildman–Crippen MR) is 81.7 cm³/mol. The van der Waals surface area contributed by atoms with Crippen LogP contribution in [0.15, 0.2) is 18.5 Å². The highest BCUT2D eigenvalue weighted by Gasteiger charge is 2.14. The Balaban J connectivity index is 2.48. The lowest BCUT2D eigenvalue weighted by molar-refractivity contribution is 0.448. The maximum absolute atomic E-state index is 6.09. The minimum atomic E-state index is 0.628. The van der Waals surface area contributed by atoms with E-state index >= 15 is 0 Å². The van der Waals surface area contributed by atoms with Crippen LogP contribution in [0.4, 0.5) is 5.82 Å². The summed E-state index contributed by atoms with van der Waals surface area (Å²) in [6.45, 7) is 8.28. The molecule has 20 heavy (non-hydrogen) atoms. The fourth-order valence-electron chi connectivity index (χ4n) is 2.20. The Morgan fingerprint density at radius 2 is 1.80 bits per heavy atom. The molecule has 4 heteroatoms. The third-order valence-electron chi connectivity index (χ3n) is 3.57. The molecule has 0 saturated heterocycles. The summed E-state index contributed by atoms with van der Waals surface area (Å²) in [5.74, 6) is 2.34. The summed E-state index contributed by atoms with van der Waals surface area (Å²) in [7, 11) is 1.86. The number of nitrogens with one attached hydrogen (secondary N) is 1. The van der Waals surface area contributed by atoms with Gasteiger partial charge < -0.3 is 10.1 Å². The average molecular weight is 271 g/mol. The van der Waals surface area contributed by atoms with Gasteiger partial charge >= 0.3 is 0 Å². The van der Waals surface area contributed by atoms with E-state index in [1.54, 1.807) is 0 Å². The fourth-order valence-corrected chi connectivity index (χ4v) is 2.20. The summed E-state index contributed by atoms with van der Waals surface area (Å²) in [5.41, 5.74) is 4.47. The summed E-state index contributed by atoms with van der Waals surface area (Å²) in [4.78, 5) is 8.52. The maximum Gasteiger partial charge on any atom is 0.227 e. The smallest absolute Gasteiger partial charge is 0.227 e. The van der Waals surface area contributed by atoms with E-state index in [0.717, 1.165) is 34.7 Å². The maximum atomic E-state index is 6.09. The molecule has 1 aromatic heterocycles. The minimum absolute atomic E-state index is 0.628. The van der Waals surface area contributed by atoms with Crippen LogP contribution < -0.4 is 10.1 Å². The molecule has 106 valence electrons. The van der Waals surface area contributed by atoms with Crippen molar-refractivity contribution in [3.8, 4) is 11.6 Å². The van der Waals surface area contributed by atoms with E-state index in [2.05, 4.69) is 48.2 Å². The summed E-state index contributed by atoms with van der Waals surface area (Å²) < 4.78 is 6.09. The molecule has 0 aliphatic carbocycles. The highest BCUT2D eigenvalue weighted by atomic mass is 16.5. The third-order valence-corrected chi connectivity index (χ3v) is 3.57. The van der Waals surface area contributed by atoms with Gasteiger partial charge in [0, 0.05) is 7.05 Å². The lowest BCUT2D eigenvalue weighted by atomic mass is 10.1. The topological polar surface area (TPSA) is 47.0 Å². The van der Waals surface area contributed by atoms with Crippen molar-refractivity contribution in [1.29, 1.82) is 0 Å². The fraction of sp³-hybridized carbons (Fsp3) is 0.375. The summed E-state index contributed by atoms with van der Waals surface area (Å²) in [6, 6.07) is 4.18. The number of rotatable bonds is 4. The van der Waals surface area contributed by atoms with Crippen molar-refractivity contribution in [2.45, 2.75) is 34.1 Å². The number of benzene rings is 1.